The summed E-state index contributed by atoms with van der Waals surface area (Å²) in [6, 6.07) is 9.15. The van der Waals surface area contributed by atoms with E-state index in [-0.39, 0.29) is 28.4 Å². The molecule has 0 saturated heterocycles. The molecule has 2 heterocycles. The molecule has 0 saturated carbocycles. The van der Waals surface area contributed by atoms with Gasteiger partial charge in [0.15, 0.2) is 6.10 Å². The number of nitrogens with zero attached hydrogens (tertiary/aromatic N) is 2. The van der Waals surface area contributed by atoms with E-state index >= 15 is 0 Å². The van der Waals surface area contributed by atoms with Gasteiger partial charge >= 0.3 is 5.97 Å². The van der Waals surface area contributed by atoms with Crippen LogP contribution in [0.1, 0.15) is 22.9 Å². The lowest BCUT2D eigenvalue weighted by molar-refractivity contribution is -0.155. The van der Waals surface area contributed by atoms with E-state index in [4.69, 9.17) is 27.9 Å². The van der Waals surface area contributed by atoms with Gasteiger partial charge in [0.05, 0.1) is 15.7 Å². The molecule has 1 aromatic carbocycles. The van der Waals surface area contributed by atoms with E-state index in [2.05, 4.69) is 4.98 Å². The fourth-order valence-electron chi connectivity index (χ4n) is 2.37. The van der Waals surface area contributed by atoms with Crippen molar-refractivity contribution in [1.82, 2.24) is 9.38 Å². The Bertz CT molecular complexity index is 1050. The van der Waals surface area contributed by atoms with Crippen molar-refractivity contribution < 1.29 is 14.6 Å². The number of aromatic nitrogens is 2. The highest BCUT2D eigenvalue weighted by atomic mass is 35.5. The minimum atomic E-state index is -1.52. The number of aliphatic hydroxyl groups is 1. The number of esters is 1. The van der Waals surface area contributed by atoms with Crippen molar-refractivity contribution in [2.24, 2.45) is 0 Å². The maximum absolute atomic E-state index is 12.1. The molecule has 26 heavy (non-hydrogen) atoms. The van der Waals surface area contributed by atoms with Gasteiger partial charge in [-0.05, 0) is 36.2 Å². The molecule has 0 aliphatic rings. The van der Waals surface area contributed by atoms with Gasteiger partial charge in [0.1, 0.15) is 12.3 Å². The average molecular weight is 393 g/mol. The summed E-state index contributed by atoms with van der Waals surface area (Å²) in [6.07, 6.45) is 0.156. The summed E-state index contributed by atoms with van der Waals surface area (Å²) < 4.78 is 6.47. The van der Waals surface area contributed by atoms with E-state index < -0.39 is 12.1 Å². The highest BCUT2D eigenvalue weighted by Crippen LogP contribution is 2.26. The average Bonchev–Trinajstić information content (AvgIpc) is 2.62. The number of carbonyl (C=O) groups excluding carboxylic acids is 1. The zero-order valence-electron chi connectivity index (χ0n) is 13.6. The van der Waals surface area contributed by atoms with Crippen LogP contribution < -0.4 is 5.56 Å². The number of hydrogen-bond acceptors (Lipinski definition) is 5. The van der Waals surface area contributed by atoms with Crippen LogP contribution in [0.5, 0.6) is 0 Å². The number of pyridine rings is 1. The lowest BCUT2D eigenvalue weighted by Crippen LogP contribution is -2.19. The SMILES string of the molecule is Cc1ccc2nc(COC(=O)C(O)c3ccc(Cl)c(Cl)c3)cc(=O)n2c1. The second-order valence-corrected chi connectivity index (χ2v) is 6.52. The fraction of sp³-hybridized carbons (Fsp3) is 0.167. The van der Waals surface area contributed by atoms with Gasteiger partial charge in [-0.2, -0.15) is 0 Å². The summed E-state index contributed by atoms with van der Waals surface area (Å²) in [7, 11) is 0. The minimum Gasteiger partial charge on any atom is -0.457 e. The molecule has 0 amide bonds. The number of carbonyl (C=O) groups is 1. The molecule has 0 aliphatic heterocycles. The zero-order valence-corrected chi connectivity index (χ0v) is 15.2. The van der Waals surface area contributed by atoms with E-state index in [9.17, 15) is 14.7 Å². The number of rotatable bonds is 4. The summed E-state index contributed by atoms with van der Waals surface area (Å²) in [4.78, 5) is 28.4. The second kappa shape index (κ2) is 7.45. The highest BCUT2D eigenvalue weighted by Gasteiger charge is 2.20. The Morgan fingerprint density at radius 1 is 1.23 bits per heavy atom. The molecule has 0 fully saturated rings. The standard InChI is InChI=1S/C18H14Cl2N2O4/c1-10-2-5-15-21-12(7-16(23)22(15)8-10)9-26-18(25)17(24)11-3-4-13(19)14(20)6-11/h2-8,17,24H,9H2,1H3. The third-order valence-electron chi connectivity index (χ3n) is 3.71. The van der Waals surface area contributed by atoms with Gasteiger partial charge in [-0.25, -0.2) is 9.78 Å². The first-order valence-electron chi connectivity index (χ1n) is 7.64. The largest absolute Gasteiger partial charge is 0.457 e. The summed E-state index contributed by atoms with van der Waals surface area (Å²) >= 11 is 11.7. The molecule has 2 aromatic heterocycles. The molecule has 1 unspecified atom stereocenters. The van der Waals surface area contributed by atoms with Crippen LogP contribution in [0, 0.1) is 6.92 Å². The maximum Gasteiger partial charge on any atom is 0.340 e. The van der Waals surface area contributed by atoms with Crippen LogP contribution >= 0.6 is 23.2 Å². The third kappa shape index (κ3) is 3.88. The fourth-order valence-corrected chi connectivity index (χ4v) is 2.68. The molecule has 0 bridgehead atoms. The van der Waals surface area contributed by atoms with Crippen LogP contribution in [0.25, 0.3) is 5.65 Å². The molecule has 1 atom stereocenters. The first-order chi connectivity index (χ1) is 12.3. The van der Waals surface area contributed by atoms with Gasteiger partial charge in [0, 0.05) is 12.3 Å². The van der Waals surface area contributed by atoms with E-state index in [1.54, 1.807) is 12.3 Å². The lowest BCUT2D eigenvalue weighted by Gasteiger charge is -2.12. The molecule has 0 radical (unpaired) electrons. The zero-order chi connectivity index (χ0) is 18.8. The topological polar surface area (TPSA) is 80.9 Å². The summed E-state index contributed by atoms with van der Waals surface area (Å²) in [5.74, 6) is -0.880. The minimum absolute atomic E-state index is 0.218. The van der Waals surface area contributed by atoms with Crippen molar-refractivity contribution in [1.29, 1.82) is 0 Å². The Hall–Kier alpha value is -2.41. The quantitative estimate of drug-likeness (QED) is 0.689. The van der Waals surface area contributed by atoms with Crippen molar-refractivity contribution in [3.05, 3.63) is 79.8 Å². The normalized spacial score (nSPS) is 12.2. The van der Waals surface area contributed by atoms with Crippen LogP contribution in [0.2, 0.25) is 10.0 Å². The van der Waals surface area contributed by atoms with Crippen molar-refractivity contribution >= 4 is 34.8 Å². The predicted molar refractivity (Wildman–Crippen MR) is 97.4 cm³/mol. The Kier molecular flexibility index (Phi) is 5.27. The van der Waals surface area contributed by atoms with Crippen LogP contribution in [-0.4, -0.2) is 20.5 Å². The number of benzene rings is 1. The Morgan fingerprint density at radius 3 is 2.73 bits per heavy atom. The molecule has 134 valence electrons. The lowest BCUT2D eigenvalue weighted by atomic mass is 10.1. The van der Waals surface area contributed by atoms with Crippen molar-refractivity contribution in [3.8, 4) is 0 Å². The van der Waals surface area contributed by atoms with Crippen molar-refractivity contribution in [2.45, 2.75) is 19.6 Å². The highest BCUT2D eigenvalue weighted by molar-refractivity contribution is 6.42. The third-order valence-corrected chi connectivity index (χ3v) is 4.44. The number of aryl methyl sites for hydroxylation is 1. The molecular weight excluding hydrogens is 379 g/mol. The van der Waals surface area contributed by atoms with Gasteiger partial charge in [0.2, 0.25) is 0 Å². The summed E-state index contributed by atoms with van der Waals surface area (Å²) in [6.45, 7) is 1.63. The second-order valence-electron chi connectivity index (χ2n) is 5.70. The number of aliphatic hydroxyl groups excluding tert-OH is 1. The Balaban J connectivity index is 1.74. The van der Waals surface area contributed by atoms with Gasteiger partial charge in [0.25, 0.3) is 5.56 Å². The molecule has 0 spiro atoms. The molecular formula is C18H14Cl2N2O4. The molecule has 1 N–H and O–H groups in total. The first kappa shape index (κ1) is 18.4. The van der Waals surface area contributed by atoms with E-state index in [1.807, 2.05) is 13.0 Å². The summed E-state index contributed by atoms with van der Waals surface area (Å²) in [5.41, 5.74) is 1.62. The van der Waals surface area contributed by atoms with E-state index in [0.29, 0.717) is 10.7 Å². The number of halogens is 2. The van der Waals surface area contributed by atoms with Crippen molar-refractivity contribution in [2.75, 3.05) is 0 Å². The molecule has 3 aromatic rings. The van der Waals surface area contributed by atoms with Crippen LogP contribution in [0.4, 0.5) is 0 Å². The van der Waals surface area contributed by atoms with Gasteiger partial charge in [-0.15, -0.1) is 0 Å². The predicted octanol–water partition coefficient (Wildman–Crippen LogP) is 3.09. The monoisotopic (exact) mass is 392 g/mol. The number of hydrogen-bond donors (Lipinski definition) is 1. The summed E-state index contributed by atoms with van der Waals surface area (Å²) in [5, 5.41) is 10.6. The first-order valence-corrected chi connectivity index (χ1v) is 8.39. The van der Waals surface area contributed by atoms with Gasteiger partial charge in [-0.1, -0.05) is 35.3 Å². The Labute approximate surface area is 158 Å². The van der Waals surface area contributed by atoms with Gasteiger partial charge in [-0.3, -0.25) is 9.20 Å². The van der Waals surface area contributed by atoms with E-state index in [0.717, 1.165) is 5.56 Å². The molecule has 3 rings (SSSR count). The van der Waals surface area contributed by atoms with Crippen LogP contribution in [0.3, 0.4) is 0 Å². The molecule has 6 nitrogen and oxygen atoms in total. The number of fused-ring (bicyclic) bond motifs is 1. The Morgan fingerprint density at radius 2 is 2.00 bits per heavy atom. The molecule has 8 heteroatoms. The number of ether oxygens (including phenoxy) is 1. The van der Waals surface area contributed by atoms with Crippen LogP contribution in [-0.2, 0) is 16.1 Å². The molecule has 0 aliphatic carbocycles. The van der Waals surface area contributed by atoms with Crippen molar-refractivity contribution in [3.63, 3.8) is 0 Å². The van der Waals surface area contributed by atoms with E-state index in [1.165, 1.54) is 28.7 Å². The van der Waals surface area contributed by atoms with Gasteiger partial charge < -0.3 is 9.84 Å². The maximum atomic E-state index is 12.1. The van der Waals surface area contributed by atoms with Crippen LogP contribution in [0.15, 0.2) is 47.4 Å². The smallest absolute Gasteiger partial charge is 0.340 e.